The molecule has 57 heavy (non-hydrogen) atoms. The molecule has 0 saturated heterocycles. The molecule has 0 radical (unpaired) electrons. The maximum atomic E-state index is 6.37. The summed E-state index contributed by atoms with van der Waals surface area (Å²) in [5.41, 5.74) is 12.2. The van der Waals surface area contributed by atoms with Gasteiger partial charge in [0.2, 0.25) is 0 Å². The number of hydrogen-bond acceptors (Lipinski definition) is 3. The van der Waals surface area contributed by atoms with Crippen LogP contribution in [0, 0.1) is 0 Å². The van der Waals surface area contributed by atoms with Crippen LogP contribution in [0.1, 0.15) is 0 Å². The van der Waals surface area contributed by atoms with Crippen LogP contribution < -0.4 is 0 Å². The normalized spacial score (nSPS) is 12.2. The van der Waals surface area contributed by atoms with Crippen molar-refractivity contribution in [3.8, 4) is 22.6 Å². The number of rotatable bonds is 3. The molecule has 4 aromatic heterocycles. The van der Waals surface area contributed by atoms with Crippen molar-refractivity contribution in [1.82, 2.24) is 19.1 Å². The Morgan fingerprint density at radius 3 is 1.58 bits per heavy atom. The van der Waals surface area contributed by atoms with Gasteiger partial charge < -0.3 is 13.6 Å². The standard InChI is InChI=1S/C52H30N4O/c1-3-19-40-34(14-1)35-15-2-4-20-41(35)52-51(40)53-30-44(54-52)31-12-11-13-32(26-31)55-45-21-8-5-16-36(45)42-29-48-43(28-47(42)55)37-17-6-9-22-46(37)56(48)33-24-25-39-38-18-7-10-23-49(38)57-50(39)27-33/h1-30H. The highest BCUT2D eigenvalue weighted by atomic mass is 16.3. The minimum atomic E-state index is 0.845. The van der Waals surface area contributed by atoms with E-state index in [1.165, 1.54) is 32.3 Å². The lowest BCUT2D eigenvalue weighted by molar-refractivity contribution is 0.668. The van der Waals surface area contributed by atoms with E-state index in [0.29, 0.717) is 0 Å². The van der Waals surface area contributed by atoms with E-state index in [0.717, 1.165) is 88.4 Å². The summed E-state index contributed by atoms with van der Waals surface area (Å²) < 4.78 is 11.2. The molecule has 0 bridgehead atoms. The molecule has 0 N–H and O–H groups in total. The fraction of sp³-hybridized carbons (Fsp3) is 0. The average Bonchev–Trinajstić information content (AvgIpc) is 3.92. The number of fused-ring (bicyclic) bond motifs is 15. The van der Waals surface area contributed by atoms with E-state index in [1.54, 1.807) is 0 Å². The summed E-state index contributed by atoms with van der Waals surface area (Å²) in [4.78, 5) is 10.4. The maximum Gasteiger partial charge on any atom is 0.137 e. The van der Waals surface area contributed by atoms with Crippen LogP contribution in [0.25, 0.3) is 121 Å². The monoisotopic (exact) mass is 726 g/mol. The van der Waals surface area contributed by atoms with Crippen molar-refractivity contribution < 1.29 is 4.42 Å². The lowest BCUT2D eigenvalue weighted by Gasteiger charge is -2.12. The van der Waals surface area contributed by atoms with Gasteiger partial charge in [0.25, 0.3) is 0 Å². The number of nitrogens with zero attached hydrogens (tertiary/aromatic N) is 4. The van der Waals surface area contributed by atoms with Crippen LogP contribution in [-0.2, 0) is 0 Å². The molecular formula is C52H30N4O. The third-order valence-electron chi connectivity index (χ3n) is 11.9. The molecule has 0 saturated carbocycles. The van der Waals surface area contributed by atoms with E-state index in [1.807, 2.05) is 18.3 Å². The maximum absolute atomic E-state index is 6.37. The summed E-state index contributed by atoms with van der Waals surface area (Å²) in [7, 11) is 0. The van der Waals surface area contributed by atoms with Crippen LogP contribution in [0.3, 0.4) is 0 Å². The van der Waals surface area contributed by atoms with Crippen LogP contribution in [-0.4, -0.2) is 19.1 Å². The highest BCUT2D eigenvalue weighted by Crippen LogP contribution is 2.41. The second-order valence-corrected chi connectivity index (χ2v) is 15.0. The van der Waals surface area contributed by atoms with Crippen LogP contribution in [0.15, 0.2) is 187 Å². The molecule has 264 valence electrons. The molecule has 0 unspecified atom stereocenters. The molecule has 0 fully saturated rings. The predicted molar refractivity (Wildman–Crippen MR) is 236 cm³/mol. The minimum absolute atomic E-state index is 0.845. The number of benzene rings is 9. The van der Waals surface area contributed by atoms with Gasteiger partial charge in [0.1, 0.15) is 11.2 Å². The first-order chi connectivity index (χ1) is 28.3. The summed E-state index contributed by atoms with van der Waals surface area (Å²) in [6.45, 7) is 0. The van der Waals surface area contributed by atoms with E-state index in [-0.39, 0.29) is 0 Å². The Bertz CT molecular complexity index is 3790. The molecule has 9 aromatic carbocycles. The SMILES string of the molecule is c1cc(-c2cnc3c4ccccc4c4ccccc4c3n2)cc(-n2c3ccccc3c3cc4c(cc32)c2ccccc2n4-c2ccc3c(c2)oc2ccccc23)c1. The molecule has 0 aliphatic rings. The fourth-order valence-corrected chi connectivity index (χ4v) is 9.41. The second kappa shape index (κ2) is 11.4. The average molecular weight is 727 g/mol. The predicted octanol–water partition coefficient (Wildman–Crippen LogP) is 13.7. The van der Waals surface area contributed by atoms with Crippen LogP contribution in [0.2, 0.25) is 0 Å². The Kier molecular flexibility index (Phi) is 6.10. The van der Waals surface area contributed by atoms with E-state index < -0.39 is 0 Å². The summed E-state index contributed by atoms with van der Waals surface area (Å²) >= 11 is 0. The van der Waals surface area contributed by atoms with Gasteiger partial charge >= 0.3 is 0 Å². The van der Waals surface area contributed by atoms with Gasteiger partial charge in [0.05, 0.1) is 45.0 Å². The highest BCUT2D eigenvalue weighted by molar-refractivity contribution is 6.23. The van der Waals surface area contributed by atoms with Gasteiger partial charge in [-0.3, -0.25) is 4.98 Å². The molecule has 0 amide bonds. The van der Waals surface area contributed by atoms with Crippen molar-refractivity contribution in [2.75, 3.05) is 0 Å². The quantitative estimate of drug-likeness (QED) is 0.170. The van der Waals surface area contributed by atoms with Crippen molar-refractivity contribution in [3.05, 3.63) is 182 Å². The Morgan fingerprint density at radius 2 is 0.895 bits per heavy atom. The zero-order valence-corrected chi connectivity index (χ0v) is 30.5. The van der Waals surface area contributed by atoms with Gasteiger partial charge in [-0.15, -0.1) is 0 Å². The van der Waals surface area contributed by atoms with Crippen molar-refractivity contribution >= 4 is 98.1 Å². The molecule has 13 rings (SSSR count). The molecular weight excluding hydrogens is 697 g/mol. The summed E-state index contributed by atoms with van der Waals surface area (Å²) in [6.07, 6.45) is 1.93. The number of hydrogen-bond donors (Lipinski definition) is 0. The minimum Gasteiger partial charge on any atom is -0.456 e. The first-order valence-corrected chi connectivity index (χ1v) is 19.3. The van der Waals surface area contributed by atoms with E-state index in [2.05, 4.69) is 173 Å². The molecule has 4 heterocycles. The first kappa shape index (κ1) is 30.6. The third kappa shape index (κ3) is 4.28. The molecule has 0 aliphatic carbocycles. The Balaban J connectivity index is 1.03. The Morgan fingerprint density at radius 1 is 0.351 bits per heavy atom. The topological polar surface area (TPSA) is 48.8 Å². The fourth-order valence-electron chi connectivity index (χ4n) is 9.41. The van der Waals surface area contributed by atoms with Gasteiger partial charge in [0, 0.05) is 66.1 Å². The Hall–Kier alpha value is -7.76. The van der Waals surface area contributed by atoms with Crippen LogP contribution >= 0.6 is 0 Å². The number of aromatic nitrogens is 4. The van der Waals surface area contributed by atoms with E-state index >= 15 is 0 Å². The summed E-state index contributed by atoms with van der Waals surface area (Å²) in [6, 6.07) is 62.8. The van der Waals surface area contributed by atoms with Gasteiger partial charge in [0.15, 0.2) is 0 Å². The zero-order valence-electron chi connectivity index (χ0n) is 30.5. The third-order valence-corrected chi connectivity index (χ3v) is 11.9. The molecule has 0 aliphatic heterocycles. The molecule has 13 aromatic rings. The van der Waals surface area contributed by atoms with Crippen molar-refractivity contribution in [3.63, 3.8) is 0 Å². The smallest absolute Gasteiger partial charge is 0.137 e. The van der Waals surface area contributed by atoms with Crippen LogP contribution in [0.4, 0.5) is 0 Å². The second-order valence-electron chi connectivity index (χ2n) is 15.0. The molecule has 0 atom stereocenters. The highest BCUT2D eigenvalue weighted by Gasteiger charge is 2.20. The van der Waals surface area contributed by atoms with Gasteiger partial charge in [-0.1, -0.05) is 115 Å². The van der Waals surface area contributed by atoms with Gasteiger partial charge in [-0.05, 0) is 65.4 Å². The zero-order chi connectivity index (χ0) is 37.2. The first-order valence-electron chi connectivity index (χ1n) is 19.3. The van der Waals surface area contributed by atoms with Crippen LogP contribution in [0.5, 0.6) is 0 Å². The molecule has 5 nitrogen and oxygen atoms in total. The lowest BCUT2D eigenvalue weighted by Crippen LogP contribution is -1.96. The number of furan rings is 1. The summed E-state index contributed by atoms with van der Waals surface area (Å²) in [5, 5.41) is 11.7. The van der Waals surface area contributed by atoms with E-state index in [9.17, 15) is 0 Å². The number of para-hydroxylation sites is 3. The molecule has 0 spiro atoms. The van der Waals surface area contributed by atoms with E-state index in [4.69, 9.17) is 14.4 Å². The lowest BCUT2D eigenvalue weighted by atomic mass is 9.99. The van der Waals surface area contributed by atoms with Crippen molar-refractivity contribution in [2.24, 2.45) is 0 Å². The summed E-state index contributed by atoms with van der Waals surface area (Å²) in [5.74, 6) is 0. The molecule has 5 heteroatoms. The largest absolute Gasteiger partial charge is 0.456 e. The Labute approximate surface area is 325 Å². The van der Waals surface area contributed by atoms with Crippen molar-refractivity contribution in [2.45, 2.75) is 0 Å². The van der Waals surface area contributed by atoms with Crippen molar-refractivity contribution in [1.29, 1.82) is 0 Å². The van der Waals surface area contributed by atoms with Gasteiger partial charge in [-0.25, -0.2) is 4.98 Å². The van der Waals surface area contributed by atoms with Gasteiger partial charge in [-0.2, -0.15) is 0 Å².